The Bertz CT molecular complexity index is 465. The zero-order valence-corrected chi connectivity index (χ0v) is 12.3. The number of aliphatic carboxylic acids is 1. The topological polar surface area (TPSA) is 54.4 Å². The Hall–Kier alpha value is -0.860. The van der Waals surface area contributed by atoms with Crippen molar-refractivity contribution in [1.29, 1.82) is 0 Å². The molecule has 3 nitrogen and oxygen atoms in total. The maximum Gasteiger partial charge on any atom is 0.307 e. The number of hydrogen-bond donors (Lipinski definition) is 1. The lowest BCUT2D eigenvalue weighted by Gasteiger charge is -2.44. The van der Waals surface area contributed by atoms with E-state index in [2.05, 4.69) is 27.7 Å². The van der Waals surface area contributed by atoms with Gasteiger partial charge in [-0.05, 0) is 35.0 Å². The molecule has 1 N–H and O–H groups in total. The first-order valence-electron chi connectivity index (χ1n) is 7.41. The third-order valence-corrected chi connectivity index (χ3v) is 6.97. The van der Waals surface area contributed by atoms with Crippen molar-refractivity contribution < 1.29 is 14.7 Å². The van der Waals surface area contributed by atoms with E-state index in [1.807, 2.05) is 0 Å². The normalized spacial score (nSPS) is 51.2. The van der Waals surface area contributed by atoms with Crippen LogP contribution in [0.2, 0.25) is 0 Å². The van der Waals surface area contributed by atoms with Gasteiger partial charge in [0.1, 0.15) is 5.78 Å². The molecule has 0 aromatic heterocycles. The van der Waals surface area contributed by atoms with E-state index in [0.717, 1.165) is 19.3 Å². The molecular formula is C16H24O3. The van der Waals surface area contributed by atoms with Gasteiger partial charge in [0.25, 0.3) is 0 Å². The van der Waals surface area contributed by atoms with Crippen LogP contribution < -0.4 is 0 Å². The van der Waals surface area contributed by atoms with Crippen LogP contribution in [0.3, 0.4) is 0 Å². The van der Waals surface area contributed by atoms with Crippen molar-refractivity contribution in [3.63, 3.8) is 0 Å². The summed E-state index contributed by atoms with van der Waals surface area (Å²) in [6.45, 7) is 8.57. The van der Waals surface area contributed by atoms with E-state index < -0.39 is 5.97 Å². The van der Waals surface area contributed by atoms with Gasteiger partial charge < -0.3 is 5.11 Å². The van der Waals surface area contributed by atoms with Gasteiger partial charge in [-0.2, -0.15) is 0 Å². The molecule has 106 valence electrons. The van der Waals surface area contributed by atoms with Crippen LogP contribution in [-0.4, -0.2) is 16.9 Å². The molecule has 3 aliphatic rings. The Morgan fingerprint density at radius 2 is 1.79 bits per heavy atom. The van der Waals surface area contributed by atoms with Crippen molar-refractivity contribution in [2.75, 3.05) is 0 Å². The predicted octanol–water partition coefficient (Wildman–Crippen LogP) is 3.13. The van der Waals surface area contributed by atoms with Gasteiger partial charge in [0.2, 0.25) is 0 Å². The second kappa shape index (κ2) is 3.42. The number of Topliss-reactive ketones (excluding diaryl/α,β-unsaturated/α-hetero) is 1. The highest BCUT2D eigenvalue weighted by Crippen LogP contribution is 2.75. The molecule has 0 aromatic rings. The second-order valence-electron chi connectivity index (χ2n) is 8.14. The highest BCUT2D eigenvalue weighted by atomic mass is 16.4. The van der Waals surface area contributed by atoms with E-state index in [-0.39, 0.29) is 34.0 Å². The Kier molecular flexibility index (Phi) is 2.36. The molecule has 0 radical (unpaired) electrons. The molecule has 4 bridgehead atoms. The minimum Gasteiger partial charge on any atom is -0.481 e. The van der Waals surface area contributed by atoms with Crippen LogP contribution in [0.25, 0.3) is 0 Å². The van der Waals surface area contributed by atoms with Crippen molar-refractivity contribution in [3.8, 4) is 0 Å². The quantitative estimate of drug-likeness (QED) is 0.791. The first-order valence-corrected chi connectivity index (χ1v) is 7.41. The van der Waals surface area contributed by atoms with Gasteiger partial charge in [0.15, 0.2) is 0 Å². The minimum absolute atomic E-state index is 0.0174. The predicted molar refractivity (Wildman–Crippen MR) is 71.6 cm³/mol. The summed E-state index contributed by atoms with van der Waals surface area (Å²) < 4.78 is 0. The maximum absolute atomic E-state index is 12.5. The smallest absolute Gasteiger partial charge is 0.307 e. The summed E-state index contributed by atoms with van der Waals surface area (Å²) in [5, 5.41) is 9.76. The van der Waals surface area contributed by atoms with Crippen LogP contribution >= 0.6 is 0 Å². The van der Waals surface area contributed by atoms with E-state index in [1.165, 1.54) is 0 Å². The van der Waals surface area contributed by atoms with Crippen LogP contribution in [0.1, 0.15) is 53.4 Å². The van der Waals surface area contributed by atoms with E-state index in [9.17, 15) is 14.7 Å². The molecule has 0 aromatic carbocycles. The molecule has 0 heterocycles. The summed E-state index contributed by atoms with van der Waals surface area (Å²) in [5.41, 5.74) is -0.492. The summed E-state index contributed by atoms with van der Waals surface area (Å²) in [5.74, 6) is -0.735. The van der Waals surface area contributed by atoms with Gasteiger partial charge in [0.05, 0.1) is 5.92 Å². The Balaban J connectivity index is 2.23. The third-order valence-electron chi connectivity index (χ3n) is 6.97. The molecule has 3 fully saturated rings. The highest BCUT2D eigenvalue weighted by molar-refractivity contribution is 5.91. The summed E-state index contributed by atoms with van der Waals surface area (Å²) in [7, 11) is 0. The van der Waals surface area contributed by atoms with Crippen molar-refractivity contribution in [1.82, 2.24) is 0 Å². The number of carbonyl (C=O) groups excluding carboxylic acids is 1. The van der Waals surface area contributed by atoms with Crippen molar-refractivity contribution in [3.05, 3.63) is 0 Å². The van der Waals surface area contributed by atoms with Gasteiger partial charge in [-0.1, -0.05) is 34.1 Å². The minimum atomic E-state index is -0.691. The Morgan fingerprint density at radius 1 is 1.16 bits per heavy atom. The number of carboxylic acid groups (broad SMARTS) is 1. The zero-order valence-electron chi connectivity index (χ0n) is 12.3. The standard InChI is InChI=1S/C16H24O3/c1-14(2)6-5-7-15(3)10-9(17)8-16(15,4)12(11(10)14)13(18)19/h10-12H,5-8H2,1-4H3,(H,18,19)/t10-,11-,12-,15+,16+/m1/s1. The SMILES string of the molecule is CC1(C)CCC[C@@]2(C)[C@@H]3C(=O)C[C@@]2(C)[C@@H](C(=O)O)[C@@H]31. The first-order chi connectivity index (χ1) is 8.65. The average Bonchev–Trinajstić information content (AvgIpc) is 2.50. The molecule has 0 amide bonds. The summed E-state index contributed by atoms with van der Waals surface area (Å²) in [6.07, 6.45) is 3.63. The zero-order chi connectivity index (χ0) is 14.2. The molecular weight excluding hydrogens is 240 g/mol. The number of carbonyl (C=O) groups is 2. The maximum atomic E-state index is 12.5. The van der Waals surface area contributed by atoms with Crippen LogP contribution in [-0.2, 0) is 9.59 Å². The Morgan fingerprint density at radius 3 is 2.37 bits per heavy atom. The van der Waals surface area contributed by atoms with Crippen molar-refractivity contribution in [2.24, 2.45) is 34.0 Å². The first kappa shape index (κ1) is 13.1. The fraction of sp³-hybridized carbons (Fsp3) is 0.875. The summed E-state index contributed by atoms with van der Waals surface area (Å²) in [4.78, 5) is 24.4. The number of ketones is 1. The molecule has 0 unspecified atom stereocenters. The lowest BCUT2D eigenvalue weighted by atomic mass is 9.58. The molecule has 0 spiro atoms. The molecule has 3 saturated carbocycles. The van der Waals surface area contributed by atoms with Gasteiger partial charge in [-0.25, -0.2) is 0 Å². The monoisotopic (exact) mass is 264 g/mol. The molecule has 3 rings (SSSR count). The van der Waals surface area contributed by atoms with Crippen LogP contribution in [0, 0.1) is 34.0 Å². The number of carboxylic acids is 1. The highest BCUT2D eigenvalue weighted by Gasteiger charge is 2.75. The van der Waals surface area contributed by atoms with Crippen LogP contribution in [0.15, 0.2) is 0 Å². The van der Waals surface area contributed by atoms with Gasteiger partial charge in [-0.3, -0.25) is 9.59 Å². The molecule has 19 heavy (non-hydrogen) atoms. The molecule has 3 aliphatic carbocycles. The molecule has 0 aliphatic heterocycles. The van der Waals surface area contributed by atoms with E-state index in [4.69, 9.17) is 0 Å². The molecule has 5 atom stereocenters. The van der Waals surface area contributed by atoms with E-state index in [1.54, 1.807) is 0 Å². The van der Waals surface area contributed by atoms with Crippen molar-refractivity contribution >= 4 is 11.8 Å². The lowest BCUT2D eigenvalue weighted by molar-refractivity contribution is -0.154. The van der Waals surface area contributed by atoms with E-state index >= 15 is 0 Å². The fourth-order valence-corrected chi connectivity index (χ4v) is 5.88. The van der Waals surface area contributed by atoms with Gasteiger partial charge in [0, 0.05) is 12.3 Å². The van der Waals surface area contributed by atoms with Gasteiger partial charge in [-0.15, -0.1) is 0 Å². The van der Waals surface area contributed by atoms with Crippen LogP contribution in [0.4, 0.5) is 0 Å². The number of hydrogen-bond acceptors (Lipinski definition) is 2. The lowest BCUT2D eigenvalue weighted by Crippen LogP contribution is -2.45. The molecule has 0 saturated heterocycles. The number of rotatable bonds is 1. The largest absolute Gasteiger partial charge is 0.481 e. The van der Waals surface area contributed by atoms with Crippen molar-refractivity contribution in [2.45, 2.75) is 53.4 Å². The van der Waals surface area contributed by atoms with E-state index in [0.29, 0.717) is 12.2 Å². The molecule has 3 heteroatoms. The third kappa shape index (κ3) is 1.29. The summed E-state index contributed by atoms with van der Waals surface area (Å²) >= 11 is 0. The fourth-order valence-electron chi connectivity index (χ4n) is 5.88. The Labute approximate surface area is 114 Å². The van der Waals surface area contributed by atoms with Crippen LogP contribution in [0.5, 0.6) is 0 Å². The summed E-state index contributed by atoms with van der Waals surface area (Å²) in [6, 6.07) is 0. The second-order valence-corrected chi connectivity index (χ2v) is 8.14. The average molecular weight is 264 g/mol. The van der Waals surface area contributed by atoms with Gasteiger partial charge >= 0.3 is 5.97 Å².